The summed E-state index contributed by atoms with van der Waals surface area (Å²) in [5.74, 6) is 0. The van der Waals surface area contributed by atoms with Crippen LogP contribution >= 0.6 is 0 Å². The first-order valence-corrected chi connectivity index (χ1v) is 8.63. The number of nitrogens with one attached hydrogen (secondary N) is 1. The maximum Gasteiger partial charge on any atom is 0.410 e. The van der Waals surface area contributed by atoms with Crippen molar-refractivity contribution >= 4 is 6.09 Å². The van der Waals surface area contributed by atoms with Gasteiger partial charge >= 0.3 is 6.09 Å². The molecule has 1 aliphatic carbocycles. The number of hydrogen-bond donors (Lipinski definition) is 2. The van der Waals surface area contributed by atoms with Crippen LogP contribution < -0.4 is 5.32 Å². The molecule has 2 rings (SSSR count). The highest BCUT2D eigenvalue weighted by Gasteiger charge is 2.25. The summed E-state index contributed by atoms with van der Waals surface area (Å²) in [6, 6.07) is 0.609. The van der Waals surface area contributed by atoms with Gasteiger partial charge in [0.25, 0.3) is 0 Å². The van der Waals surface area contributed by atoms with E-state index in [9.17, 15) is 9.90 Å². The van der Waals surface area contributed by atoms with Crippen molar-refractivity contribution in [1.29, 1.82) is 0 Å². The van der Waals surface area contributed by atoms with E-state index in [2.05, 4.69) is 14.9 Å². The van der Waals surface area contributed by atoms with Crippen LogP contribution in [-0.4, -0.2) is 57.0 Å². The smallest absolute Gasteiger partial charge is 0.410 e. The molecule has 0 saturated heterocycles. The second-order valence-corrected chi connectivity index (χ2v) is 7.48. The van der Waals surface area contributed by atoms with Crippen LogP contribution in [0.25, 0.3) is 0 Å². The zero-order chi connectivity index (χ0) is 17.7. The number of aliphatic hydroxyl groups is 1. The van der Waals surface area contributed by atoms with Gasteiger partial charge in [-0.2, -0.15) is 0 Å². The molecule has 1 unspecified atom stereocenters. The van der Waals surface area contributed by atoms with Crippen LogP contribution in [0.4, 0.5) is 4.79 Å². The van der Waals surface area contributed by atoms with E-state index >= 15 is 0 Å². The number of nitrogens with zero attached hydrogens (tertiary/aromatic N) is 3. The highest BCUT2D eigenvalue weighted by molar-refractivity contribution is 5.68. The summed E-state index contributed by atoms with van der Waals surface area (Å²) in [7, 11) is 0. The lowest BCUT2D eigenvalue weighted by atomic mass is 10.2. The molecule has 0 spiro atoms. The molecule has 0 aliphatic heterocycles. The average molecular weight is 338 g/mol. The Kier molecular flexibility index (Phi) is 6.23. The Labute approximate surface area is 144 Å². The lowest BCUT2D eigenvalue weighted by Gasteiger charge is -2.28. The Morgan fingerprint density at radius 1 is 1.54 bits per heavy atom. The second-order valence-electron chi connectivity index (χ2n) is 7.48. The maximum atomic E-state index is 12.2. The first kappa shape index (κ1) is 18.7. The van der Waals surface area contributed by atoms with Crippen molar-refractivity contribution in [1.82, 2.24) is 19.8 Å². The van der Waals surface area contributed by atoms with Gasteiger partial charge in [-0.25, -0.2) is 9.78 Å². The van der Waals surface area contributed by atoms with Gasteiger partial charge in [-0.15, -0.1) is 0 Å². The van der Waals surface area contributed by atoms with Crippen molar-refractivity contribution in [3.05, 3.63) is 18.2 Å². The Bertz CT molecular complexity index is 532. The third-order valence-electron chi connectivity index (χ3n) is 3.69. The third kappa shape index (κ3) is 6.13. The van der Waals surface area contributed by atoms with Crippen LogP contribution in [0.2, 0.25) is 0 Å². The van der Waals surface area contributed by atoms with E-state index in [4.69, 9.17) is 4.74 Å². The monoisotopic (exact) mass is 338 g/mol. The second kappa shape index (κ2) is 7.98. The molecular formula is C17H30N4O3. The summed E-state index contributed by atoms with van der Waals surface area (Å²) in [5.41, 5.74) is 0.620. The van der Waals surface area contributed by atoms with Gasteiger partial charge < -0.3 is 24.6 Å². The molecule has 1 atom stereocenters. The molecule has 1 aliphatic rings. The van der Waals surface area contributed by atoms with E-state index in [1.807, 2.05) is 33.3 Å². The fourth-order valence-corrected chi connectivity index (χ4v) is 2.48. The summed E-state index contributed by atoms with van der Waals surface area (Å²) in [5, 5.41) is 12.9. The van der Waals surface area contributed by atoms with Crippen molar-refractivity contribution in [2.24, 2.45) is 0 Å². The Balaban J connectivity index is 1.79. The number of ether oxygens (including phenoxy) is 1. The summed E-state index contributed by atoms with van der Waals surface area (Å²) >= 11 is 0. The number of rotatable bonds is 8. The number of carbonyl (C=O) groups is 1. The molecule has 1 amide bonds. The van der Waals surface area contributed by atoms with Gasteiger partial charge in [0.15, 0.2) is 0 Å². The molecule has 7 nitrogen and oxygen atoms in total. The average Bonchev–Trinajstić information content (AvgIpc) is 3.19. The lowest BCUT2D eigenvalue weighted by Crippen LogP contribution is -2.43. The number of aliphatic hydroxyl groups excluding tert-OH is 1. The van der Waals surface area contributed by atoms with Crippen LogP contribution in [0.1, 0.15) is 52.3 Å². The maximum absolute atomic E-state index is 12.2. The van der Waals surface area contributed by atoms with Crippen molar-refractivity contribution < 1.29 is 14.6 Å². The number of hydrogen-bond acceptors (Lipinski definition) is 5. The SMILES string of the molecule is CC(O)CN(CCNCc1cncn1C1CC1)C(=O)OC(C)(C)C. The van der Waals surface area contributed by atoms with Gasteiger partial charge in [-0.1, -0.05) is 0 Å². The fraction of sp³-hybridized carbons (Fsp3) is 0.765. The number of amides is 1. The highest BCUT2D eigenvalue weighted by atomic mass is 16.6. The van der Waals surface area contributed by atoms with Crippen LogP contribution in [-0.2, 0) is 11.3 Å². The largest absolute Gasteiger partial charge is 0.444 e. The molecule has 1 saturated carbocycles. The molecule has 0 bridgehead atoms. The summed E-state index contributed by atoms with van der Waals surface area (Å²) in [4.78, 5) is 18.0. The minimum atomic E-state index is -0.589. The predicted molar refractivity (Wildman–Crippen MR) is 91.7 cm³/mol. The van der Waals surface area contributed by atoms with E-state index < -0.39 is 17.8 Å². The van der Waals surface area contributed by atoms with Gasteiger partial charge in [0.1, 0.15) is 5.60 Å². The molecule has 1 heterocycles. The van der Waals surface area contributed by atoms with Gasteiger partial charge in [-0.3, -0.25) is 0 Å². The minimum absolute atomic E-state index is 0.261. The summed E-state index contributed by atoms with van der Waals surface area (Å²) in [6.07, 6.45) is 5.23. The standard InChI is InChI=1S/C17H30N4O3/c1-13(22)11-20(16(23)24-17(2,3)4)8-7-18-9-15-10-19-12-21(15)14-5-6-14/h10,12-14,18,22H,5-9,11H2,1-4H3. The van der Waals surface area contributed by atoms with Crippen LogP contribution in [0.15, 0.2) is 12.5 Å². The third-order valence-corrected chi connectivity index (χ3v) is 3.69. The zero-order valence-electron chi connectivity index (χ0n) is 15.2. The first-order valence-electron chi connectivity index (χ1n) is 8.63. The molecule has 0 radical (unpaired) electrons. The predicted octanol–water partition coefficient (Wildman–Crippen LogP) is 1.93. The quantitative estimate of drug-likeness (QED) is 0.708. The van der Waals surface area contributed by atoms with E-state index in [1.165, 1.54) is 12.8 Å². The van der Waals surface area contributed by atoms with Gasteiger partial charge in [-0.05, 0) is 40.5 Å². The van der Waals surface area contributed by atoms with Crippen molar-refractivity contribution in [3.8, 4) is 0 Å². The number of carbonyl (C=O) groups excluding carboxylic acids is 1. The number of aromatic nitrogens is 2. The fourth-order valence-electron chi connectivity index (χ4n) is 2.48. The van der Waals surface area contributed by atoms with Crippen LogP contribution in [0, 0.1) is 0 Å². The molecule has 24 heavy (non-hydrogen) atoms. The Morgan fingerprint density at radius 3 is 2.83 bits per heavy atom. The van der Waals surface area contributed by atoms with Crippen molar-refractivity contribution in [2.75, 3.05) is 19.6 Å². The molecular weight excluding hydrogens is 308 g/mol. The van der Waals surface area contributed by atoms with Gasteiger partial charge in [0, 0.05) is 38.4 Å². The lowest BCUT2D eigenvalue weighted by molar-refractivity contribution is 0.0164. The van der Waals surface area contributed by atoms with Crippen LogP contribution in [0.5, 0.6) is 0 Å². The summed E-state index contributed by atoms with van der Waals surface area (Å²) < 4.78 is 7.61. The molecule has 1 aromatic rings. The molecule has 136 valence electrons. The topological polar surface area (TPSA) is 79.6 Å². The summed E-state index contributed by atoms with van der Waals surface area (Å²) in [6.45, 7) is 9.26. The molecule has 7 heteroatoms. The van der Waals surface area contributed by atoms with E-state index in [0.717, 1.165) is 5.69 Å². The van der Waals surface area contributed by atoms with Gasteiger partial charge in [0.2, 0.25) is 0 Å². The minimum Gasteiger partial charge on any atom is -0.444 e. The normalized spacial score (nSPS) is 16.0. The van der Waals surface area contributed by atoms with Crippen LogP contribution in [0.3, 0.4) is 0 Å². The van der Waals surface area contributed by atoms with E-state index in [1.54, 1.807) is 11.8 Å². The van der Waals surface area contributed by atoms with E-state index in [-0.39, 0.29) is 6.54 Å². The Hall–Kier alpha value is -1.60. The van der Waals surface area contributed by atoms with Gasteiger partial charge in [0.05, 0.1) is 18.1 Å². The van der Waals surface area contributed by atoms with E-state index in [0.29, 0.717) is 25.7 Å². The molecule has 2 N–H and O–H groups in total. The number of imidazole rings is 1. The molecule has 1 aromatic heterocycles. The molecule has 0 aromatic carbocycles. The molecule has 1 fully saturated rings. The first-order chi connectivity index (χ1) is 11.3. The highest BCUT2D eigenvalue weighted by Crippen LogP contribution is 2.35. The zero-order valence-corrected chi connectivity index (χ0v) is 15.2. The van der Waals surface area contributed by atoms with Crippen molar-refractivity contribution in [3.63, 3.8) is 0 Å². The Morgan fingerprint density at radius 2 is 2.25 bits per heavy atom. The van der Waals surface area contributed by atoms with Crippen molar-refractivity contribution in [2.45, 2.75) is 64.8 Å².